The van der Waals surface area contributed by atoms with Gasteiger partial charge in [0, 0.05) is 18.2 Å². The Balaban J connectivity index is 1.40. The van der Waals surface area contributed by atoms with Gasteiger partial charge in [0.15, 0.2) is 0 Å². The number of nitrogens with one attached hydrogen (secondary N) is 2. The Bertz CT molecular complexity index is 930. The van der Waals surface area contributed by atoms with Crippen molar-refractivity contribution in [2.45, 2.75) is 49.6 Å². The molecule has 0 unspecified atom stereocenters. The lowest BCUT2D eigenvalue weighted by Gasteiger charge is -2.62. The minimum Gasteiger partial charge on any atom is -0.346 e. The van der Waals surface area contributed by atoms with E-state index in [4.69, 9.17) is 0 Å². The van der Waals surface area contributed by atoms with Gasteiger partial charge >= 0.3 is 0 Å². The molecule has 4 saturated carbocycles. The summed E-state index contributed by atoms with van der Waals surface area (Å²) in [5.41, 5.74) is 1.06. The Kier molecular flexibility index (Phi) is 5.36. The third-order valence-corrected chi connectivity index (χ3v) is 8.94. The Morgan fingerprint density at radius 2 is 1.13 bits per heavy atom. The van der Waals surface area contributed by atoms with Crippen LogP contribution in [0.4, 0.5) is 0 Å². The van der Waals surface area contributed by atoms with Crippen molar-refractivity contribution in [1.82, 2.24) is 10.6 Å². The van der Waals surface area contributed by atoms with Gasteiger partial charge in [0.25, 0.3) is 11.8 Å². The Labute approximate surface area is 204 Å². The van der Waals surface area contributed by atoms with Crippen LogP contribution in [-0.2, 0) is 0 Å². The van der Waals surface area contributed by atoms with E-state index in [1.165, 1.54) is 6.42 Å². The predicted molar refractivity (Wildman–Crippen MR) is 133 cm³/mol. The topological polar surface area (TPSA) is 58.2 Å². The maximum absolute atomic E-state index is 13.1. The summed E-state index contributed by atoms with van der Waals surface area (Å²) in [4.78, 5) is 26.3. The molecule has 4 aliphatic carbocycles. The van der Waals surface area contributed by atoms with Crippen LogP contribution < -0.4 is 10.6 Å². The van der Waals surface area contributed by atoms with Crippen LogP contribution in [-0.4, -0.2) is 22.9 Å². The predicted octanol–water partition coefficient (Wildman–Crippen LogP) is 5.15. The van der Waals surface area contributed by atoms with Gasteiger partial charge in [-0.15, -0.1) is 0 Å². The molecule has 0 saturated heterocycles. The highest BCUT2D eigenvalue weighted by molar-refractivity contribution is 14.1. The van der Waals surface area contributed by atoms with Crippen molar-refractivity contribution in [3.8, 4) is 0 Å². The summed E-state index contributed by atoms with van der Waals surface area (Å²) in [6, 6.07) is 15.5. The number of carbonyl (C=O) groups is 2. The van der Waals surface area contributed by atoms with Gasteiger partial charge < -0.3 is 10.6 Å². The normalized spacial score (nSPS) is 31.4. The number of amides is 2. The molecule has 0 atom stereocenters. The van der Waals surface area contributed by atoms with Gasteiger partial charge in [0.2, 0.25) is 0 Å². The number of rotatable bonds is 4. The molecule has 4 aliphatic rings. The average Bonchev–Trinajstić information content (AvgIpc) is 2.66. The number of benzene rings is 2. The van der Waals surface area contributed by atoms with Gasteiger partial charge in [-0.05, 0) is 120 Å². The summed E-state index contributed by atoms with van der Waals surface area (Å²) in [6.45, 7) is 0. The lowest BCUT2D eigenvalue weighted by atomic mass is 9.49. The highest BCUT2D eigenvalue weighted by Gasteiger charge is 2.58. The second kappa shape index (κ2) is 7.76. The van der Waals surface area contributed by atoms with Crippen molar-refractivity contribution < 1.29 is 9.59 Å². The minimum absolute atomic E-state index is 0.0148. The van der Waals surface area contributed by atoms with E-state index in [0.717, 1.165) is 50.4 Å². The molecule has 30 heavy (non-hydrogen) atoms. The Morgan fingerprint density at radius 3 is 1.53 bits per heavy atom. The molecule has 4 bridgehead atoms. The molecule has 0 radical (unpaired) electrons. The molecule has 0 aromatic heterocycles. The molecule has 0 heterocycles. The second-order valence-electron chi connectivity index (χ2n) is 9.39. The maximum Gasteiger partial charge on any atom is 0.252 e. The zero-order chi connectivity index (χ0) is 20.9. The monoisotopic (exact) mass is 626 g/mol. The van der Waals surface area contributed by atoms with Crippen LogP contribution in [0.25, 0.3) is 0 Å². The molecule has 4 fully saturated rings. The molecule has 0 aliphatic heterocycles. The van der Waals surface area contributed by atoms with Crippen LogP contribution in [0.3, 0.4) is 0 Å². The van der Waals surface area contributed by atoms with Gasteiger partial charge in [0.1, 0.15) is 0 Å². The van der Waals surface area contributed by atoms with Crippen LogP contribution in [0.15, 0.2) is 48.5 Å². The van der Waals surface area contributed by atoms with E-state index in [9.17, 15) is 9.59 Å². The van der Waals surface area contributed by atoms with E-state index in [0.29, 0.717) is 11.8 Å². The van der Waals surface area contributed by atoms with E-state index in [1.807, 2.05) is 48.5 Å². The molecule has 6 heteroatoms. The van der Waals surface area contributed by atoms with Gasteiger partial charge in [0.05, 0.1) is 11.1 Å². The maximum atomic E-state index is 13.1. The number of hydrogen-bond donors (Lipinski definition) is 2. The van der Waals surface area contributed by atoms with Crippen LogP contribution >= 0.6 is 45.2 Å². The zero-order valence-corrected chi connectivity index (χ0v) is 20.9. The summed E-state index contributed by atoms with van der Waals surface area (Å²) >= 11 is 4.45. The quantitative estimate of drug-likeness (QED) is 0.462. The highest BCUT2D eigenvalue weighted by Crippen LogP contribution is 2.57. The molecule has 2 aromatic carbocycles. The number of hydrogen-bond acceptors (Lipinski definition) is 2. The second-order valence-corrected chi connectivity index (χ2v) is 11.7. The third-order valence-electron chi connectivity index (χ3n) is 7.06. The fourth-order valence-electron chi connectivity index (χ4n) is 6.46. The van der Waals surface area contributed by atoms with Crippen LogP contribution in [0.1, 0.15) is 59.2 Å². The van der Waals surface area contributed by atoms with Crippen molar-refractivity contribution in [2.24, 2.45) is 11.8 Å². The average molecular weight is 626 g/mol. The summed E-state index contributed by atoms with van der Waals surface area (Å²) in [6.07, 6.45) is 6.16. The summed E-state index contributed by atoms with van der Waals surface area (Å²) in [5.74, 6) is 1.16. The Hall–Kier alpha value is -1.16. The standard InChI is InChI=1S/C24H24I2N2O2/c25-19-7-3-1-5-17(19)21(29)27-23-10-15-9-16(11-23)13-24(12-15,14-23)28-22(30)18-6-2-4-8-20(18)26/h1-8,15-16H,9-14H2,(H,27,29)(H,28,30). The fraction of sp³-hybridized carbons (Fsp3) is 0.417. The minimum atomic E-state index is -0.211. The summed E-state index contributed by atoms with van der Waals surface area (Å²) in [7, 11) is 0. The number of halogens is 2. The molecule has 6 rings (SSSR count). The number of carbonyl (C=O) groups excluding carboxylic acids is 2. The lowest BCUT2D eigenvalue weighted by molar-refractivity contribution is -0.0448. The molecule has 2 aromatic rings. The third kappa shape index (κ3) is 3.78. The molecule has 156 valence electrons. The molecule has 4 nitrogen and oxygen atoms in total. The molecule has 2 amide bonds. The first kappa shape index (κ1) is 20.7. The van der Waals surface area contributed by atoms with Crippen LogP contribution in [0.5, 0.6) is 0 Å². The molecular formula is C24H24I2N2O2. The first-order valence-corrected chi connectivity index (χ1v) is 12.7. The molecular weight excluding hydrogens is 602 g/mol. The molecule has 0 spiro atoms. The summed E-state index contributed by atoms with van der Waals surface area (Å²) < 4.78 is 1.94. The van der Waals surface area contributed by atoms with E-state index < -0.39 is 0 Å². The zero-order valence-electron chi connectivity index (χ0n) is 16.6. The van der Waals surface area contributed by atoms with Crippen LogP contribution in [0, 0.1) is 19.0 Å². The summed E-state index contributed by atoms with van der Waals surface area (Å²) in [5, 5.41) is 6.87. The first-order valence-electron chi connectivity index (χ1n) is 10.5. The van der Waals surface area contributed by atoms with Gasteiger partial charge in [-0.2, -0.15) is 0 Å². The van der Waals surface area contributed by atoms with Crippen molar-refractivity contribution >= 4 is 57.0 Å². The Morgan fingerprint density at radius 1 is 0.733 bits per heavy atom. The first-order chi connectivity index (χ1) is 14.4. The largest absolute Gasteiger partial charge is 0.346 e. The van der Waals surface area contributed by atoms with Crippen molar-refractivity contribution in [3.63, 3.8) is 0 Å². The van der Waals surface area contributed by atoms with Crippen molar-refractivity contribution in [2.75, 3.05) is 0 Å². The van der Waals surface area contributed by atoms with Crippen molar-refractivity contribution in [3.05, 3.63) is 66.8 Å². The highest BCUT2D eigenvalue weighted by atomic mass is 127. The molecule has 2 N–H and O–H groups in total. The fourth-order valence-corrected chi connectivity index (χ4v) is 7.73. The SMILES string of the molecule is O=C(NC12CC3CC(C1)CC(NC(=O)c1ccccc1I)(C3)C2)c1ccccc1I. The van der Waals surface area contributed by atoms with Gasteiger partial charge in [-0.25, -0.2) is 0 Å². The smallest absolute Gasteiger partial charge is 0.252 e. The van der Waals surface area contributed by atoms with E-state index >= 15 is 0 Å². The van der Waals surface area contributed by atoms with E-state index in [2.05, 4.69) is 55.8 Å². The van der Waals surface area contributed by atoms with Crippen molar-refractivity contribution in [1.29, 1.82) is 0 Å². The van der Waals surface area contributed by atoms with E-state index in [1.54, 1.807) is 0 Å². The van der Waals surface area contributed by atoms with Gasteiger partial charge in [-0.3, -0.25) is 9.59 Å². The van der Waals surface area contributed by atoms with E-state index in [-0.39, 0.29) is 22.9 Å². The van der Waals surface area contributed by atoms with Crippen LogP contribution in [0.2, 0.25) is 0 Å². The van der Waals surface area contributed by atoms with Gasteiger partial charge in [-0.1, -0.05) is 24.3 Å². The lowest BCUT2D eigenvalue weighted by Crippen LogP contribution is -2.69.